The zero-order chi connectivity index (χ0) is 25.3. The van der Waals surface area contributed by atoms with Crippen molar-refractivity contribution >= 4 is 28.8 Å². The van der Waals surface area contributed by atoms with Crippen LogP contribution in [0.1, 0.15) is 36.0 Å². The Morgan fingerprint density at radius 1 is 1.17 bits per heavy atom. The van der Waals surface area contributed by atoms with E-state index in [2.05, 4.69) is 20.4 Å². The van der Waals surface area contributed by atoms with Crippen molar-refractivity contribution in [3.05, 3.63) is 53.7 Å². The molecule has 1 N–H and O–H groups in total. The molecule has 36 heavy (non-hydrogen) atoms. The molecule has 1 aliphatic carbocycles. The van der Waals surface area contributed by atoms with Crippen LogP contribution in [0.2, 0.25) is 0 Å². The molecule has 3 heterocycles. The number of nitrogens with zero attached hydrogens (tertiary/aromatic N) is 3. The van der Waals surface area contributed by atoms with Gasteiger partial charge in [-0.25, -0.2) is 23.4 Å². The van der Waals surface area contributed by atoms with Crippen molar-refractivity contribution < 1.29 is 32.4 Å². The molecule has 1 saturated carbocycles. The van der Waals surface area contributed by atoms with Crippen LogP contribution in [0.25, 0.3) is 10.9 Å². The maximum Gasteiger partial charge on any atom is 0.407 e. The molecule has 2 aliphatic rings. The number of rotatable bonds is 7. The molecule has 9 nitrogen and oxygen atoms in total. The Kier molecular flexibility index (Phi) is 6.46. The summed E-state index contributed by atoms with van der Waals surface area (Å²) < 4.78 is 43.7. The monoisotopic (exact) mass is 500 g/mol. The SMILES string of the molecule is CCOC(=O)c1cc(COC(=O)NC[C@@]2(F)C[C@H]3CN(c4ccc5cc(F)ccc5n4)C[C@H]3C2)on1. The molecule has 1 aliphatic heterocycles. The van der Waals surface area contributed by atoms with Gasteiger partial charge in [0.25, 0.3) is 0 Å². The summed E-state index contributed by atoms with van der Waals surface area (Å²) in [6.07, 6.45) is -0.118. The fourth-order valence-electron chi connectivity index (χ4n) is 5.12. The van der Waals surface area contributed by atoms with E-state index in [1.54, 1.807) is 13.0 Å². The number of hydrogen-bond donors (Lipinski definition) is 1. The van der Waals surface area contributed by atoms with Gasteiger partial charge in [0.05, 0.1) is 18.7 Å². The summed E-state index contributed by atoms with van der Waals surface area (Å²) in [5.74, 6) is 0.335. The van der Waals surface area contributed by atoms with Crippen molar-refractivity contribution in [2.45, 2.75) is 32.0 Å². The normalized spacial score (nSPS) is 23.0. The molecule has 3 aromatic rings. The highest BCUT2D eigenvalue weighted by Gasteiger charge is 2.50. The Morgan fingerprint density at radius 2 is 1.94 bits per heavy atom. The smallest absolute Gasteiger partial charge is 0.407 e. The summed E-state index contributed by atoms with van der Waals surface area (Å²) in [7, 11) is 0. The Morgan fingerprint density at radius 3 is 2.69 bits per heavy atom. The molecule has 3 atom stereocenters. The Labute approximate surface area is 205 Å². The minimum atomic E-state index is -1.52. The molecule has 1 aromatic carbocycles. The van der Waals surface area contributed by atoms with Crippen LogP contribution in [0.15, 0.2) is 40.9 Å². The van der Waals surface area contributed by atoms with E-state index in [0.717, 1.165) is 16.7 Å². The van der Waals surface area contributed by atoms with Gasteiger partial charge in [-0.1, -0.05) is 5.16 Å². The van der Waals surface area contributed by atoms with Gasteiger partial charge in [0.15, 0.2) is 18.1 Å². The number of aromatic nitrogens is 2. The number of esters is 1. The average Bonchev–Trinajstić information content (AvgIpc) is 3.55. The van der Waals surface area contributed by atoms with E-state index < -0.39 is 17.7 Å². The van der Waals surface area contributed by atoms with Crippen LogP contribution in [0.4, 0.5) is 19.4 Å². The fraction of sp³-hybridized carbons (Fsp3) is 0.440. The van der Waals surface area contributed by atoms with E-state index in [9.17, 15) is 14.0 Å². The number of carbonyl (C=O) groups excluding carboxylic acids is 2. The van der Waals surface area contributed by atoms with Crippen LogP contribution < -0.4 is 10.2 Å². The number of carbonyl (C=O) groups is 2. The zero-order valence-corrected chi connectivity index (χ0v) is 19.7. The van der Waals surface area contributed by atoms with Gasteiger partial charge in [-0.3, -0.25) is 0 Å². The number of amides is 1. The van der Waals surface area contributed by atoms with Crippen LogP contribution in [-0.4, -0.2) is 54.1 Å². The van der Waals surface area contributed by atoms with Crippen LogP contribution >= 0.6 is 0 Å². The molecule has 190 valence electrons. The number of anilines is 1. The molecule has 0 bridgehead atoms. The fourth-order valence-corrected chi connectivity index (χ4v) is 5.12. The first-order valence-corrected chi connectivity index (χ1v) is 11.9. The lowest BCUT2D eigenvalue weighted by molar-refractivity contribution is 0.0514. The van der Waals surface area contributed by atoms with Crippen molar-refractivity contribution in [1.82, 2.24) is 15.5 Å². The van der Waals surface area contributed by atoms with Gasteiger partial charge < -0.3 is 24.2 Å². The standard InChI is InChI=1S/C25H26F2N4O5/c1-2-34-23(32)21-8-19(36-30-21)13-35-24(33)28-14-25(27)9-16-11-31(12-17(16)10-25)22-6-3-15-7-18(26)4-5-20(15)29-22/h3-8,16-17H,2,9-14H2,1H3,(H,28,33)/t16-,17+,25+. The molecule has 11 heteroatoms. The summed E-state index contributed by atoms with van der Waals surface area (Å²) in [4.78, 5) is 30.5. The highest BCUT2D eigenvalue weighted by molar-refractivity contribution is 5.87. The van der Waals surface area contributed by atoms with Crippen molar-refractivity contribution in [2.24, 2.45) is 11.8 Å². The van der Waals surface area contributed by atoms with Crippen molar-refractivity contribution in [2.75, 3.05) is 31.1 Å². The molecular weight excluding hydrogens is 474 g/mol. The van der Waals surface area contributed by atoms with Crippen molar-refractivity contribution in [1.29, 1.82) is 0 Å². The van der Waals surface area contributed by atoms with Gasteiger partial charge in [-0.05, 0) is 61.9 Å². The van der Waals surface area contributed by atoms with E-state index in [1.165, 1.54) is 18.2 Å². The molecule has 1 saturated heterocycles. The molecule has 1 amide bonds. The van der Waals surface area contributed by atoms with E-state index in [0.29, 0.717) is 25.9 Å². The van der Waals surface area contributed by atoms with Crippen LogP contribution in [0, 0.1) is 17.7 Å². The number of alkyl carbamates (subject to hydrolysis) is 1. The quantitative estimate of drug-likeness (QED) is 0.485. The molecule has 0 spiro atoms. The molecule has 0 unspecified atom stereocenters. The summed E-state index contributed by atoms with van der Waals surface area (Å²) in [5.41, 5.74) is -0.813. The van der Waals surface area contributed by atoms with Gasteiger partial charge in [0.2, 0.25) is 0 Å². The lowest BCUT2D eigenvalue weighted by Crippen LogP contribution is -2.39. The molecule has 0 radical (unpaired) electrons. The van der Waals surface area contributed by atoms with Crippen molar-refractivity contribution in [3.63, 3.8) is 0 Å². The highest BCUT2D eigenvalue weighted by atomic mass is 19.1. The van der Waals surface area contributed by atoms with Crippen molar-refractivity contribution in [3.8, 4) is 0 Å². The Balaban J connectivity index is 1.09. The van der Waals surface area contributed by atoms with E-state index >= 15 is 4.39 Å². The minimum absolute atomic E-state index is 0.0158. The van der Waals surface area contributed by atoms with Gasteiger partial charge >= 0.3 is 12.1 Å². The minimum Gasteiger partial charge on any atom is -0.461 e. The topological polar surface area (TPSA) is 107 Å². The Bertz CT molecular complexity index is 1270. The summed E-state index contributed by atoms with van der Waals surface area (Å²) in [6, 6.07) is 9.54. The van der Waals surface area contributed by atoms with E-state index in [4.69, 9.17) is 14.0 Å². The molecular formula is C25H26F2N4O5. The first-order chi connectivity index (χ1) is 17.3. The predicted molar refractivity (Wildman–Crippen MR) is 125 cm³/mol. The number of nitrogens with one attached hydrogen (secondary N) is 1. The second-order valence-electron chi connectivity index (χ2n) is 9.32. The van der Waals surface area contributed by atoms with E-state index in [-0.39, 0.29) is 48.9 Å². The van der Waals surface area contributed by atoms with Gasteiger partial charge in [0.1, 0.15) is 17.3 Å². The third-order valence-corrected chi connectivity index (χ3v) is 6.73. The molecule has 5 rings (SSSR count). The summed E-state index contributed by atoms with van der Waals surface area (Å²) >= 11 is 0. The van der Waals surface area contributed by atoms with Crippen LogP contribution in [0.5, 0.6) is 0 Å². The number of alkyl halides is 1. The lowest BCUT2D eigenvalue weighted by Gasteiger charge is -2.24. The lowest BCUT2D eigenvalue weighted by atomic mass is 10.0. The van der Waals surface area contributed by atoms with Crippen LogP contribution in [0.3, 0.4) is 0 Å². The van der Waals surface area contributed by atoms with Gasteiger partial charge in [-0.2, -0.15) is 0 Å². The third kappa shape index (κ3) is 5.09. The number of pyridine rings is 1. The predicted octanol–water partition coefficient (Wildman–Crippen LogP) is 4.02. The zero-order valence-electron chi connectivity index (χ0n) is 19.7. The van der Waals surface area contributed by atoms with Crippen LogP contribution in [-0.2, 0) is 16.1 Å². The highest BCUT2D eigenvalue weighted by Crippen LogP contribution is 2.46. The molecule has 2 aromatic heterocycles. The molecule has 2 fully saturated rings. The average molecular weight is 501 g/mol. The number of halogens is 2. The third-order valence-electron chi connectivity index (χ3n) is 6.73. The largest absolute Gasteiger partial charge is 0.461 e. The second-order valence-corrected chi connectivity index (χ2v) is 9.32. The second kappa shape index (κ2) is 9.71. The summed E-state index contributed by atoms with van der Waals surface area (Å²) in [5, 5.41) is 6.80. The van der Waals surface area contributed by atoms with E-state index in [1.807, 2.05) is 12.1 Å². The number of benzene rings is 1. The van der Waals surface area contributed by atoms with Gasteiger partial charge in [-0.15, -0.1) is 0 Å². The number of fused-ring (bicyclic) bond motifs is 2. The number of hydrogen-bond acceptors (Lipinski definition) is 8. The maximum atomic E-state index is 15.5. The van der Waals surface area contributed by atoms with Gasteiger partial charge in [0, 0.05) is 24.5 Å². The first kappa shape index (κ1) is 24.0. The summed E-state index contributed by atoms with van der Waals surface area (Å²) in [6.45, 7) is 2.83. The maximum absolute atomic E-state index is 15.5. The first-order valence-electron chi connectivity index (χ1n) is 11.9. The Hall–Kier alpha value is -3.76. The number of ether oxygens (including phenoxy) is 2.